The Morgan fingerprint density at radius 1 is 1.27 bits per heavy atom. The van der Waals surface area contributed by atoms with Gasteiger partial charge in [-0.05, 0) is 49.9 Å². The molecule has 3 nitrogen and oxygen atoms in total. The zero-order chi connectivity index (χ0) is 10.2. The number of hydrogen-bond donors (Lipinski definition) is 1. The standard InChI is InChI=1S/C12H16N2O/c1-5-11(14-15-12(5)13)10-8-6-2-3-7(4-6)9(8)10/h6-10H,2-4,13H2,1H3. The number of aromatic nitrogens is 1. The minimum atomic E-state index is 0.516. The second-order valence-corrected chi connectivity index (χ2v) is 5.57. The molecule has 1 heterocycles. The van der Waals surface area contributed by atoms with Crippen LogP contribution in [0, 0.1) is 30.6 Å². The molecule has 2 N–H and O–H groups in total. The van der Waals surface area contributed by atoms with Gasteiger partial charge in [-0.25, -0.2) is 0 Å². The summed E-state index contributed by atoms with van der Waals surface area (Å²) in [6.07, 6.45) is 4.39. The van der Waals surface area contributed by atoms with Crippen molar-refractivity contribution in [1.29, 1.82) is 0 Å². The van der Waals surface area contributed by atoms with Crippen molar-refractivity contribution in [1.82, 2.24) is 5.16 Å². The molecular formula is C12H16N2O. The SMILES string of the molecule is Cc1c(C2C3C4CCC(C4)C23)noc1N. The monoisotopic (exact) mass is 204 g/mol. The molecule has 2 bridgehead atoms. The van der Waals surface area contributed by atoms with Gasteiger partial charge in [0.2, 0.25) is 5.88 Å². The van der Waals surface area contributed by atoms with Crippen LogP contribution in [0.15, 0.2) is 4.52 Å². The minimum Gasteiger partial charge on any atom is -0.367 e. The predicted octanol–water partition coefficient (Wildman–Crippen LogP) is 2.32. The number of fused-ring (bicyclic) bond motifs is 5. The Morgan fingerprint density at radius 3 is 2.47 bits per heavy atom. The van der Waals surface area contributed by atoms with Crippen LogP contribution in [0.5, 0.6) is 0 Å². The van der Waals surface area contributed by atoms with Gasteiger partial charge < -0.3 is 10.3 Å². The van der Waals surface area contributed by atoms with Crippen molar-refractivity contribution in [3.05, 3.63) is 11.3 Å². The molecule has 15 heavy (non-hydrogen) atoms. The Kier molecular flexibility index (Phi) is 1.31. The lowest BCUT2D eigenvalue weighted by Gasteiger charge is -2.05. The molecule has 1 aromatic rings. The average Bonchev–Trinajstić information content (AvgIpc) is 2.60. The van der Waals surface area contributed by atoms with Gasteiger partial charge in [0.05, 0.1) is 5.69 Å². The van der Waals surface area contributed by atoms with Crippen molar-refractivity contribution < 1.29 is 4.52 Å². The molecule has 0 spiro atoms. The molecule has 0 aromatic carbocycles. The smallest absolute Gasteiger partial charge is 0.225 e. The van der Waals surface area contributed by atoms with Gasteiger partial charge in [-0.3, -0.25) is 0 Å². The molecule has 3 aliphatic rings. The molecule has 4 unspecified atom stereocenters. The summed E-state index contributed by atoms with van der Waals surface area (Å²) in [5, 5.41) is 4.16. The summed E-state index contributed by atoms with van der Waals surface area (Å²) in [5.74, 6) is 5.03. The van der Waals surface area contributed by atoms with E-state index < -0.39 is 0 Å². The zero-order valence-corrected chi connectivity index (χ0v) is 8.94. The zero-order valence-electron chi connectivity index (χ0n) is 8.94. The highest BCUT2D eigenvalue weighted by Crippen LogP contribution is 2.73. The first-order valence-electron chi connectivity index (χ1n) is 5.99. The highest BCUT2D eigenvalue weighted by molar-refractivity contribution is 5.43. The molecule has 80 valence electrons. The molecule has 0 radical (unpaired) electrons. The van der Waals surface area contributed by atoms with E-state index >= 15 is 0 Å². The number of nitrogen functional groups attached to an aromatic ring is 1. The Hall–Kier alpha value is -0.990. The molecule has 3 saturated carbocycles. The van der Waals surface area contributed by atoms with Crippen molar-refractivity contribution in [3.63, 3.8) is 0 Å². The fourth-order valence-corrected chi connectivity index (χ4v) is 4.36. The highest BCUT2D eigenvalue weighted by atomic mass is 16.5. The van der Waals surface area contributed by atoms with Crippen LogP contribution >= 0.6 is 0 Å². The van der Waals surface area contributed by atoms with Crippen LogP contribution in [0.3, 0.4) is 0 Å². The molecule has 4 atom stereocenters. The highest BCUT2D eigenvalue weighted by Gasteiger charge is 2.66. The third-order valence-electron chi connectivity index (χ3n) is 5.05. The van der Waals surface area contributed by atoms with Gasteiger partial charge in [0, 0.05) is 11.5 Å². The second kappa shape index (κ2) is 2.39. The second-order valence-electron chi connectivity index (χ2n) is 5.57. The first-order chi connectivity index (χ1) is 7.27. The van der Waals surface area contributed by atoms with E-state index in [2.05, 4.69) is 5.16 Å². The van der Waals surface area contributed by atoms with E-state index in [1.807, 2.05) is 6.92 Å². The maximum atomic E-state index is 5.71. The van der Waals surface area contributed by atoms with Crippen LogP contribution in [-0.2, 0) is 0 Å². The first-order valence-corrected chi connectivity index (χ1v) is 5.99. The van der Waals surface area contributed by atoms with E-state index in [1.165, 1.54) is 25.0 Å². The predicted molar refractivity (Wildman–Crippen MR) is 56.2 cm³/mol. The van der Waals surface area contributed by atoms with Gasteiger partial charge in [0.15, 0.2) is 0 Å². The van der Waals surface area contributed by atoms with E-state index in [-0.39, 0.29) is 0 Å². The summed E-state index contributed by atoms with van der Waals surface area (Å²) >= 11 is 0. The van der Waals surface area contributed by atoms with Crippen LogP contribution in [0.25, 0.3) is 0 Å². The molecule has 0 amide bonds. The Bertz CT molecular complexity index is 409. The van der Waals surface area contributed by atoms with Gasteiger partial charge in [-0.2, -0.15) is 0 Å². The van der Waals surface area contributed by atoms with Crippen molar-refractivity contribution in [3.8, 4) is 0 Å². The minimum absolute atomic E-state index is 0.516. The van der Waals surface area contributed by atoms with E-state index in [4.69, 9.17) is 10.3 Å². The Labute approximate surface area is 89.0 Å². The molecule has 4 rings (SSSR count). The van der Waals surface area contributed by atoms with Gasteiger partial charge in [0.1, 0.15) is 0 Å². The van der Waals surface area contributed by atoms with Crippen LogP contribution in [-0.4, -0.2) is 5.16 Å². The first kappa shape index (κ1) is 8.20. The number of nitrogens with two attached hydrogens (primary N) is 1. The average molecular weight is 204 g/mol. The van der Waals surface area contributed by atoms with E-state index in [0.717, 1.165) is 29.2 Å². The molecule has 3 aliphatic carbocycles. The molecule has 0 aliphatic heterocycles. The summed E-state index contributed by atoms with van der Waals surface area (Å²) in [7, 11) is 0. The lowest BCUT2D eigenvalue weighted by Crippen LogP contribution is -1.99. The summed E-state index contributed by atoms with van der Waals surface area (Å²) in [6.45, 7) is 2.04. The van der Waals surface area contributed by atoms with Crippen molar-refractivity contribution in [2.45, 2.75) is 32.1 Å². The lowest BCUT2D eigenvalue weighted by atomic mass is 9.99. The number of hydrogen-bond acceptors (Lipinski definition) is 3. The van der Waals surface area contributed by atoms with E-state index in [0.29, 0.717) is 11.8 Å². The quantitative estimate of drug-likeness (QED) is 0.763. The summed E-state index contributed by atoms with van der Waals surface area (Å²) in [6, 6.07) is 0. The topological polar surface area (TPSA) is 52.0 Å². The van der Waals surface area contributed by atoms with Crippen molar-refractivity contribution in [2.24, 2.45) is 23.7 Å². The van der Waals surface area contributed by atoms with E-state index in [1.54, 1.807) is 0 Å². The lowest BCUT2D eigenvalue weighted by molar-refractivity contribution is 0.417. The molecule has 0 saturated heterocycles. The Balaban J connectivity index is 1.70. The fourth-order valence-electron chi connectivity index (χ4n) is 4.36. The third kappa shape index (κ3) is 0.853. The van der Waals surface area contributed by atoms with Gasteiger partial charge in [-0.1, -0.05) is 5.16 Å². The maximum Gasteiger partial charge on any atom is 0.225 e. The van der Waals surface area contributed by atoms with Gasteiger partial charge in [-0.15, -0.1) is 0 Å². The fraction of sp³-hybridized carbons (Fsp3) is 0.750. The van der Waals surface area contributed by atoms with Crippen LogP contribution in [0.2, 0.25) is 0 Å². The van der Waals surface area contributed by atoms with Crippen LogP contribution in [0.1, 0.15) is 36.4 Å². The van der Waals surface area contributed by atoms with E-state index in [9.17, 15) is 0 Å². The number of rotatable bonds is 1. The third-order valence-corrected chi connectivity index (χ3v) is 5.05. The van der Waals surface area contributed by atoms with Crippen molar-refractivity contribution in [2.75, 3.05) is 5.73 Å². The maximum absolute atomic E-state index is 5.71. The van der Waals surface area contributed by atoms with Gasteiger partial charge in [0.25, 0.3) is 0 Å². The molecular weight excluding hydrogens is 188 g/mol. The number of anilines is 1. The van der Waals surface area contributed by atoms with Crippen molar-refractivity contribution >= 4 is 5.88 Å². The summed E-state index contributed by atoms with van der Waals surface area (Å²) < 4.78 is 5.08. The van der Waals surface area contributed by atoms with Crippen LogP contribution < -0.4 is 5.73 Å². The number of nitrogens with zero attached hydrogens (tertiary/aromatic N) is 1. The normalized spacial score (nSPS) is 45.8. The summed E-state index contributed by atoms with van der Waals surface area (Å²) in [5.41, 5.74) is 7.97. The van der Waals surface area contributed by atoms with Crippen LogP contribution in [0.4, 0.5) is 5.88 Å². The van der Waals surface area contributed by atoms with Gasteiger partial charge >= 0.3 is 0 Å². The largest absolute Gasteiger partial charge is 0.367 e. The molecule has 3 heteroatoms. The molecule has 3 fully saturated rings. The Morgan fingerprint density at radius 2 is 1.93 bits per heavy atom. The molecule has 1 aromatic heterocycles. The summed E-state index contributed by atoms with van der Waals surface area (Å²) in [4.78, 5) is 0.